The molecule has 0 radical (unpaired) electrons. The molecule has 1 rings (SSSR count). The van der Waals surface area contributed by atoms with Gasteiger partial charge in [0.15, 0.2) is 11.9 Å². The number of carbonyl (C=O) groups excluding carboxylic acids is 2. The lowest BCUT2D eigenvalue weighted by molar-refractivity contribution is -0.386. The molecule has 0 aliphatic heterocycles. The van der Waals surface area contributed by atoms with Gasteiger partial charge < -0.3 is 10.1 Å². The van der Waals surface area contributed by atoms with E-state index in [-0.39, 0.29) is 17.5 Å². The van der Waals surface area contributed by atoms with Crippen LogP contribution in [-0.2, 0) is 4.79 Å². The quantitative estimate of drug-likeness (QED) is 0.637. The number of nitrogens with zero attached hydrogens (tertiary/aromatic N) is 1. The Bertz CT molecular complexity index is 586. The van der Waals surface area contributed by atoms with Gasteiger partial charge in [0.25, 0.3) is 5.91 Å². The highest BCUT2D eigenvalue weighted by Gasteiger charge is 2.22. The second-order valence-electron chi connectivity index (χ2n) is 5.11. The smallest absolute Gasteiger partial charge is 0.321 e. The number of carbonyl (C=O) groups is 2. The minimum atomic E-state index is -1.06. The van der Waals surface area contributed by atoms with Gasteiger partial charge in [0, 0.05) is 12.1 Å². The molecule has 1 aromatic carbocycles. The number of rotatable bonds is 5. The third-order valence-corrected chi connectivity index (χ3v) is 2.64. The van der Waals surface area contributed by atoms with Gasteiger partial charge in [-0.3, -0.25) is 20.2 Å². The van der Waals surface area contributed by atoms with Crippen LogP contribution in [0.4, 0.5) is 10.5 Å². The molecule has 8 heteroatoms. The van der Waals surface area contributed by atoms with Gasteiger partial charge in [0.2, 0.25) is 0 Å². The number of hydrogen-bond acceptors (Lipinski definition) is 5. The highest BCUT2D eigenvalue weighted by atomic mass is 16.6. The summed E-state index contributed by atoms with van der Waals surface area (Å²) in [5.74, 6) is -0.712. The minimum absolute atomic E-state index is 0.0254. The van der Waals surface area contributed by atoms with Gasteiger partial charge in [-0.2, -0.15) is 0 Å². The Kier molecular flexibility index (Phi) is 5.85. The predicted octanol–water partition coefficient (Wildman–Crippen LogP) is 1.90. The van der Waals surface area contributed by atoms with Gasteiger partial charge in [0.05, 0.1) is 4.92 Å². The molecule has 0 aliphatic carbocycles. The van der Waals surface area contributed by atoms with Gasteiger partial charge in [-0.25, -0.2) is 4.79 Å². The van der Waals surface area contributed by atoms with Crippen molar-refractivity contribution < 1.29 is 19.2 Å². The molecule has 120 valence electrons. The number of benzene rings is 1. The minimum Gasteiger partial charge on any atom is -0.474 e. The number of urea groups is 1. The summed E-state index contributed by atoms with van der Waals surface area (Å²) in [4.78, 5) is 33.7. The molecule has 0 fully saturated rings. The van der Waals surface area contributed by atoms with Crippen LogP contribution in [0, 0.1) is 17.0 Å². The van der Waals surface area contributed by atoms with Crippen molar-refractivity contribution >= 4 is 17.6 Å². The molecule has 1 atom stereocenters. The maximum absolute atomic E-state index is 11.8. The van der Waals surface area contributed by atoms with E-state index >= 15 is 0 Å². The van der Waals surface area contributed by atoms with Crippen molar-refractivity contribution in [1.82, 2.24) is 10.6 Å². The van der Waals surface area contributed by atoms with Crippen LogP contribution in [0.5, 0.6) is 5.75 Å². The maximum Gasteiger partial charge on any atom is 0.321 e. The summed E-state index contributed by atoms with van der Waals surface area (Å²) in [5.41, 5.74) is 0.471. The third-order valence-electron chi connectivity index (χ3n) is 2.64. The van der Waals surface area contributed by atoms with E-state index in [0.717, 1.165) is 0 Å². The fraction of sp³-hybridized carbons (Fsp3) is 0.429. The van der Waals surface area contributed by atoms with E-state index in [4.69, 9.17) is 4.74 Å². The number of hydrogen-bond donors (Lipinski definition) is 2. The first-order chi connectivity index (χ1) is 10.2. The fourth-order valence-corrected chi connectivity index (χ4v) is 1.63. The van der Waals surface area contributed by atoms with Crippen molar-refractivity contribution in [2.24, 2.45) is 0 Å². The molecule has 22 heavy (non-hydrogen) atoms. The summed E-state index contributed by atoms with van der Waals surface area (Å²) in [6.45, 7) is 6.62. The standard InChI is InChI=1S/C14H19N3O5/c1-8(2)15-14(19)16-13(18)10(4)22-12-6-5-9(3)7-11(12)17(20)21/h5-8,10H,1-4H3,(H2,15,16,18,19)/t10-/m1/s1. The van der Waals surface area contributed by atoms with Crippen LogP contribution in [0.3, 0.4) is 0 Å². The highest BCUT2D eigenvalue weighted by Crippen LogP contribution is 2.28. The number of imide groups is 1. The van der Waals surface area contributed by atoms with Crippen molar-refractivity contribution in [3.63, 3.8) is 0 Å². The molecule has 1 aromatic rings. The lowest BCUT2D eigenvalue weighted by Gasteiger charge is -2.15. The van der Waals surface area contributed by atoms with Crippen molar-refractivity contribution in [3.8, 4) is 5.75 Å². The van der Waals surface area contributed by atoms with Gasteiger partial charge in [-0.15, -0.1) is 0 Å². The van der Waals surface area contributed by atoms with Gasteiger partial charge >= 0.3 is 11.7 Å². The number of nitrogens with one attached hydrogen (secondary N) is 2. The van der Waals surface area contributed by atoms with Crippen LogP contribution in [0.2, 0.25) is 0 Å². The first-order valence-corrected chi connectivity index (χ1v) is 6.73. The maximum atomic E-state index is 11.8. The third kappa shape index (κ3) is 5.04. The molecular formula is C14H19N3O5. The number of ether oxygens (including phenoxy) is 1. The summed E-state index contributed by atoms with van der Waals surface area (Å²) in [7, 11) is 0. The Hall–Kier alpha value is -2.64. The topological polar surface area (TPSA) is 111 Å². The number of nitro groups is 1. The zero-order chi connectivity index (χ0) is 16.9. The van der Waals surface area contributed by atoms with E-state index in [0.29, 0.717) is 5.56 Å². The van der Waals surface area contributed by atoms with Crippen molar-refractivity contribution in [3.05, 3.63) is 33.9 Å². The molecule has 0 saturated carbocycles. The molecule has 0 aliphatic rings. The Balaban J connectivity index is 2.76. The number of aryl methyl sites for hydroxylation is 1. The SMILES string of the molecule is Cc1ccc(O[C@H](C)C(=O)NC(=O)NC(C)C)c([N+](=O)[O-])c1. The highest BCUT2D eigenvalue weighted by molar-refractivity contribution is 5.96. The second-order valence-corrected chi connectivity index (χ2v) is 5.11. The molecule has 0 heterocycles. The lowest BCUT2D eigenvalue weighted by Crippen LogP contribution is -2.47. The predicted molar refractivity (Wildman–Crippen MR) is 79.7 cm³/mol. The largest absolute Gasteiger partial charge is 0.474 e. The molecule has 2 N–H and O–H groups in total. The van der Waals surface area contributed by atoms with E-state index < -0.39 is 23.0 Å². The van der Waals surface area contributed by atoms with Crippen LogP contribution in [0.15, 0.2) is 18.2 Å². The van der Waals surface area contributed by atoms with Crippen LogP contribution in [0.1, 0.15) is 26.3 Å². The lowest BCUT2D eigenvalue weighted by atomic mass is 10.2. The molecule has 8 nitrogen and oxygen atoms in total. The fourth-order valence-electron chi connectivity index (χ4n) is 1.63. The second kappa shape index (κ2) is 7.39. The molecule has 0 saturated heterocycles. The Morgan fingerprint density at radius 1 is 1.27 bits per heavy atom. The molecular weight excluding hydrogens is 290 g/mol. The van der Waals surface area contributed by atoms with Crippen LogP contribution < -0.4 is 15.4 Å². The van der Waals surface area contributed by atoms with E-state index in [9.17, 15) is 19.7 Å². The Morgan fingerprint density at radius 2 is 1.91 bits per heavy atom. The average molecular weight is 309 g/mol. The molecule has 0 spiro atoms. The summed E-state index contributed by atoms with van der Waals surface area (Å²) in [5, 5.41) is 15.6. The first-order valence-electron chi connectivity index (χ1n) is 6.73. The van der Waals surface area contributed by atoms with E-state index in [2.05, 4.69) is 10.6 Å². The number of nitro benzene ring substituents is 1. The van der Waals surface area contributed by atoms with E-state index in [1.54, 1.807) is 26.8 Å². The van der Waals surface area contributed by atoms with E-state index in [1.165, 1.54) is 19.1 Å². The summed E-state index contributed by atoms with van der Waals surface area (Å²) in [6, 6.07) is 3.64. The summed E-state index contributed by atoms with van der Waals surface area (Å²) < 4.78 is 5.30. The summed E-state index contributed by atoms with van der Waals surface area (Å²) >= 11 is 0. The normalized spacial score (nSPS) is 11.7. The molecule has 0 bridgehead atoms. The molecule has 0 unspecified atom stereocenters. The van der Waals surface area contributed by atoms with Crippen LogP contribution in [-0.4, -0.2) is 29.0 Å². The molecule has 0 aromatic heterocycles. The Labute approximate surface area is 128 Å². The number of amides is 3. The van der Waals surface area contributed by atoms with Crippen molar-refractivity contribution in [2.45, 2.75) is 39.8 Å². The molecule has 3 amide bonds. The van der Waals surface area contributed by atoms with Crippen molar-refractivity contribution in [1.29, 1.82) is 0 Å². The Morgan fingerprint density at radius 3 is 2.45 bits per heavy atom. The van der Waals surface area contributed by atoms with Crippen LogP contribution in [0.25, 0.3) is 0 Å². The van der Waals surface area contributed by atoms with Gasteiger partial charge in [-0.05, 0) is 39.3 Å². The zero-order valence-electron chi connectivity index (χ0n) is 12.9. The van der Waals surface area contributed by atoms with E-state index in [1.807, 2.05) is 0 Å². The van der Waals surface area contributed by atoms with Crippen molar-refractivity contribution in [2.75, 3.05) is 0 Å². The van der Waals surface area contributed by atoms with Gasteiger partial charge in [-0.1, -0.05) is 6.07 Å². The van der Waals surface area contributed by atoms with Gasteiger partial charge in [0.1, 0.15) is 0 Å². The first kappa shape index (κ1) is 17.4. The average Bonchev–Trinajstić information content (AvgIpc) is 2.39. The monoisotopic (exact) mass is 309 g/mol. The summed E-state index contributed by atoms with van der Waals surface area (Å²) in [6.07, 6.45) is -1.06. The van der Waals surface area contributed by atoms with Crippen LogP contribution >= 0.6 is 0 Å². The zero-order valence-corrected chi connectivity index (χ0v) is 12.9.